The normalized spacial score (nSPS) is 10.3. The molecule has 0 aliphatic carbocycles. The van der Waals surface area contributed by atoms with Gasteiger partial charge in [-0.15, -0.1) is 0 Å². The quantitative estimate of drug-likeness (QED) is 0.795. The number of hydrogen-bond donors (Lipinski definition) is 1. The highest BCUT2D eigenvalue weighted by molar-refractivity contribution is 9.10. The van der Waals surface area contributed by atoms with Crippen molar-refractivity contribution >= 4 is 39.4 Å². The second-order valence-electron chi connectivity index (χ2n) is 4.21. The van der Waals surface area contributed by atoms with Gasteiger partial charge in [0.1, 0.15) is 5.82 Å². The molecule has 0 aliphatic heterocycles. The molecule has 0 radical (unpaired) electrons. The van der Waals surface area contributed by atoms with E-state index in [4.69, 9.17) is 20.8 Å². The van der Waals surface area contributed by atoms with Gasteiger partial charge in [-0.2, -0.15) is 0 Å². The van der Waals surface area contributed by atoms with Crippen LogP contribution in [0.3, 0.4) is 0 Å². The van der Waals surface area contributed by atoms with Crippen LogP contribution in [0.1, 0.15) is 16.1 Å². The van der Waals surface area contributed by atoms with Crippen molar-refractivity contribution < 1.29 is 23.1 Å². The highest BCUT2D eigenvalue weighted by Gasteiger charge is 2.14. The number of carbonyl (C=O) groups is 2. The molecule has 5 nitrogen and oxygen atoms in total. The molecule has 116 valence electrons. The van der Waals surface area contributed by atoms with Crippen LogP contribution in [0, 0.1) is 5.82 Å². The third-order valence-corrected chi connectivity index (χ3v) is 3.30. The van der Waals surface area contributed by atoms with E-state index in [2.05, 4.69) is 21.2 Å². The minimum Gasteiger partial charge on any atom is -0.450 e. The number of carbonyl (C=O) groups excluding carboxylic acids is 2. The Labute approximate surface area is 138 Å². The lowest BCUT2D eigenvalue weighted by molar-refractivity contribution is -0.124. The van der Waals surface area contributed by atoms with Crippen LogP contribution in [0.25, 0.3) is 0 Å². The molecule has 1 N–H and O–H groups in total. The lowest BCUT2D eigenvalue weighted by Gasteiger charge is -2.06. The molecule has 1 heterocycles. The molecule has 0 unspecified atom stereocenters. The monoisotopic (exact) mass is 389 g/mol. The van der Waals surface area contributed by atoms with Gasteiger partial charge in [0.15, 0.2) is 11.3 Å². The Hall–Kier alpha value is -1.86. The fourth-order valence-electron chi connectivity index (χ4n) is 1.53. The number of benzene rings is 1. The van der Waals surface area contributed by atoms with Crippen LogP contribution >= 0.6 is 27.5 Å². The minimum absolute atomic E-state index is 0.00927. The molecule has 0 aliphatic rings. The maximum Gasteiger partial charge on any atom is 0.374 e. The van der Waals surface area contributed by atoms with Gasteiger partial charge in [0, 0.05) is 6.54 Å². The van der Waals surface area contributed by atoms with E-state index >= 15 is 0 Å². The van der Waals surface area contributed by atoms with Crippen molar-refractivity contribution in [1.29, 1.82) is 0 Å². The van der Waals surface area contributed by atoms with Gasteiger partial charge in [0.2, 0.25) is 5.76 Å². The summed E-state index contributed by atoms with van der Waals surface area (Å²) < 4.78 is 23.1. The van der Waals surface area contributed by atoms with Gasteiger partial charge in [-0.1, -0.05) is 17.7 Å². The van der Waals surface area contributed by atoms with E-state index in [1.54, 1.807) is 0 Å². The number of nitrogens with one attached hydrogen (secondary N) is 1. The molecule has 2 aromatic rings. The summed E-state index contributed by atoms with van der Waals surface area (Å²) in [5.74, 6) is -1.79. The Morgan fingerprint density at radius 3 is 2.73 bits per heavy atom. The molecule has 0 saturated heterocycles. The first kappa shape index (κ1) is 16.5. The fourth-order valence-corrected chi connectivity index (χ4v) is 2.04. The number of halogens is 3. The molecular formula is C14H10BrClFNO4. The van der Waals surface area contributed by atoms with Crippen LogP contribution in [-0.2, 0) is 16.1 Å². The maximum absolute atomic E-state index is 13.0. The Balaban J connectivity index is 1.78. The first-order chi connectivity index (χ1) is 10.5. The minimum atomic E-state index is -0.745. The highest BCUT2D eigenvalue weighted by Crippen LogP contribution is 2.16. The highest BCUT2D eigenvalue weighted by atomic mass is 79.9. The van der Waals surface area contributed by atoms with Crippen molar-refractivity contribution in [2.24, 2.45) is 0 Å². The largest absolute Gasteiger partial charge is 0.450 e. The Morgan fingerprint density at radius 1 is 1.32 bits per heavy atom. The average Bonchev–Trinajstić information content (AvgIpc) is 2.92. The summed E-state index contributed by atoms with van der Waals surface area (Å²) in [7, 11) is 0. The fraction of sp³-hybridized carbons (Fsp3) is 0.143. The third-order valence-electron chi connectivity index (χ3n) is 2.58. The van der Waals surface area contributed by atoms with Crippen molar-refractivity contribution in [3.63, 3.8) is 0 Å². The van der Waals surface area contributed by atoms with E-state index in [1.807, 2.05) is 0 Å². The average molecular weight is 391 g/mol. The summed E-state index contributed by atoms with van der Waals surface area (Å²) in [5, 5.41) is 2.49. The van der Waals surface area contributed by atoms with Gasteiger partial charge in [0.05, 0.1) is 5.02 Å². The summed E-state index contributed by atoms with van der Waals surface area (Å²) in [5.41, 5.74) is 0.626. The van der Waals surface area contributed by atoms with Crippen LogP contribution in [-0.4, -0.2) is 18.5 Å². The number of furan rings is 1. The Kier molecular flexibility index (Phi) is 5.57. The zero-order chi connectivity index (χ0) is 16.1. The van der Waals surface area contributed by atoms with E-state index in [9.17, 15) is 14.0 Å². The van der Waals surface area contributed by atoms with Crippen molar-refractivity contribution in [3.8, 4) is 0 Å². The SMILES string of the molecule is O=C(COC(=O)c1ccc(Br)o1)NCc1ccc(F)c(Cl)c1. The molecular weight excluding hydrogens is 381 g/mol. The van der Waals surface area contributed by atoms with E-state index in [0.717, 1.165) is 0 Å². The number of rotatable bonds is 5. The number of amides is 1. The molecule has 0 bridgehead atoms. The van der Waals surface area contributed by atoms with Crippen molar-refractivity contribution in [1.82, 2.24) is 5.32 Å². The van der Waals surface area contributed by atoms with Crippen molar-refractivity contribution in [2.45, 2.75) is 6.54 Å². The van der Waals surface area contributed by atoms with Crippen LogP contribution < -0.4 is 5.32 Å². The van der Waals surface area contributed by atoms with E-state index in [-0.39, 0.29) is 17.3 Å². The summed E-state index contributed by atoms with van der Waals surface area (Å²) in [6, 6.07) is 7.07. The van der Waals surface area contributed by atoms with Crippen LogP contribution in [0.5, 0.6) is 0 Å². The van der Waals surface area contributed by atoms with Gasteiger partial charge in [-0.3, -0.25) is 4.79 Å². The molecule has 1 aromatic carbocycles. The predicted octanol–water partition coefficient (Wildman–Crippen LogP) is 3.31. The summed E-state index contributed by atoms with van der Waals surface area (Å²) in [6.07, 6.45) is 0. The molecule has 8 heteroatoms. The molecule has 2 rings (SSSR count). The van der Waals surface area contributed by atoms with Gasteiger partial charge in [0.25, 0.3) is 5.91 Å². The molecule has 22 heavy (non-hydrogen) atoms. The van der Waals surface area contributed by atoms with E-state index in [0.29, 0.717) is 10.2 Å². The summed E-state index contributed by atoms with van der Waals surface area (Å²) in [4.78, 5) is 23.1. The standard InChI is InChI=1S/C14H10BrClFNO4/c15-12-4-3-11(22-12)14(20)21-7-13(19)18-6-8-1-2-10(17)9(16)5-8/h1-5H,6-7H2,(H,18,19). The van der Waals surface area contributed by atoms with Crippen molar-refractivity contribution in [3.05, 3.63) is 57.2 Å². The first-order valence-corrected chi connectivity index (χ1v) is 7.26. The van der Waals surface area contributed by atoms with Crippen LogP contribution in [0.2, 0.25) is 5.02 Å². The van der Waals surface area contributed by atoms with Gasteiger partial charge < -0.3 is 14.5 Å². The number of hydrogen-bond acceptors (Lipinski definition) is 4. The Bertz CT molecular complexity index is 704. The van der Waals surface area contributed by atoms with E-state index < -0.39 is 24.3 Å². The smallest absolute Gasteiger partial charge is 0.374 e. The van der Waals surface area contributed by atoms with Crippen molar-refractivity contribution in [2.75, 3.05) is 6.61 Å². The summed E-state index contributed by atoms with van der Waals surface area (Å²) >= 11 is 8.68. The zero-order valence-electron chi connectivity index (χ0n) is 11.1. The van der Waals surface area contributed by atoms with Crippen LogP contribution in [0.15, 0.2) is 39.4 Å². The van der Waals surface area contributed by atoms with Crippen LogP contribution in [0.4, 0.5) is 4.39 Å². The zero-order valence-corrected chi connectivity index (χ0v) is 13.4. The topological polar surface area (TPSA) is 68.5 Å². The Morgan fingerprint density at radius 2 is 2.09 bits per heavy atom. The second-order valence-corrected chi connectivity index (χ2v) is 5.39. The molecule has 1 amide bonds. The molecule has 0 spiro atoms. The third kappa shape index (κ3) is 4.57. The molecule has 0 atom stereocenters. The second kappa shape index (κ2) is 7.42. The lowest BCUT2D eigenvalue weighted by Crippen LogP contribution is -2.28. The van der Waals surface area contributed by atoms with E-state index in [1.165, 1.54) is 30.3 Å². The molecule has 0 saturated carbocycles. The molecule has 1 aromatic heterocycles. The summed E-state index contributed by atoms with van der Waals surface area (Å²) in [6.45, 7) is -0.311. The number of esters is 1. The number of ether oxygens (including phenoxy) is 1. The van der Waals surface area contributed by atoms with Gasteiger partial charge in [-0.05, 0) is 45.8 Å². The van der Waals surface area contributed by atoms with Gasteiger partial charge >= 0.3 is 5.97 Å². The maximum atomic E-state index is 13.0. The van der Waals surface area contributed by atoms with Gasteiger partial charge in [-0.25, -0.2) is 9.18 Å². The first-order valence-electron chi connectivity index (χ1n) is 6.09. The molecule has 0 fully saturated rings. The lowest BCUT2D eigenvalue weighted by atomic mass is 10.2. The predicted molar refractivity (Wildman–Crippen MR) is 79.9 cm³/mol.